The Hall–Kier alpha value is -3.80. The normalized spacial score (nSPS) is 14.7. The van der Waals surface area contributed by atoms with Crippen molar-refractivity contribution in [2.45, 2.75) is 25.7 Å². The van der Waals surface area contributed by atoms with E-state index in [1.165, 1.54) is 16.6 Å². The Bertz CT molecular complexity index is 1280. The predicted octanol–water partition coefficient (Wildman–Crippen LogP) is 5.02. The molecular weight excluding hydrogens is 426 g/mol. The van der Waals surface area contributed by atoms with E-state index in [-0.39, 0.29) is 5.91 Å². The van der Waals surface area contributed by atoms with Crippen molar-refractivity contribution in [1.82, 2.24) is 14.9 Å². The summed E-state index contributed by atoms with van der Waals surface area (Å²) in [6.07, 6.45) is 4.89. The number of carbonyl (C=O) groups excluding carboxylic acids is 1. The molecule has 2 aromatic heterocycles. The van der Waals surface area contributed by atoms with Gasteiger partial charge in [0.15, 0.2) is 11.5 Å². The average Bonchev–Trinajstić information content (AvgIpc) is 3.22. The summed E-state index contributed by atoms with van der Waals surface area (Å²) in [7, 11) is 1.66. The summed E-state index contributed by atoms with van der Waals surface area (Å²) in [6.45, 7) is 1.87. The molecule has 0 radical (unpaired) electrons. The molecule has 0 atom stereocenters. The minimum absolute atomic E-state index is 0.0260. The van der Waals surface area contributed by atoms with Gasteiger partial charge in [0.1, 0.15) is 5.69 Å². The molecule has 0 aliphatic carbocycles. The second kappa shape index (κ2) is 10.00. The fourth-order valence-corrected chi connectivity index (χ4v) is 4.64. The molecule has 4 aromatic rings. The molecule has 1 aliphatic heterocycles. The number of nitrogens with one attached hydrogen (secondary N) is 1. The molecule has 1 N–H and O–H groups in total. The lowest BCUT2D eigenvalue weighted by molar-refractivity contribution is 0.0746. The Labute approximate surface area is 199 Å². The van der Waals surface area contributed by atoms with Gasteiger partial charge in [0.25, 0.3) is 5.91 Å². The molecule has 0 saturated heterocycles. The number of aromatic amines is 1. The van der Waals surface area contributed by atoms with Crippen LogP contribution in [-0.4, -0.2) is 47.6 Å². The number of H-pyrrole nitrogens is 1. The smallest absolute Gasteiger partial charge is 0.272 e. The zero-order valence-electron chi connectivity index (χ0n) is 19.4. The maximum atomic E-state index is 13.3. The molecule has 1 amide bonds. The number of carbonyl (C=O) groups is 1. The molecule has 3 heterocycles. The van der Waals surface area contributed by atoms with Crippen LogP contribution in [0.4, 0.5) is 0 Å². The van der Waals surface area contributed by atoms with E-state index < -0.39 is 0 Å². The molecule has 5 rings (SSSR count). The highest BCUT2D eigenvalue weighted by Crippen LogP contribution is 2.31. The van der Waals surface area contributed by atoms with Crippen LogP contribution >= 0.6 is 0 Å². The van der Waals surface area contributed by atoms with Crippen molar-refractivity contribution in [2.75, 3.05) is 26.8 Å². The predicted molar refractivity (Wildman–Crippen MR) is 133 cm³/mol. The first-order chi connectivity index (χ1) is 16.7. The van der Waals surface area contributed by atoms with Gasteiger partial charge in [-0.05, 0) is 60.7 Å². The molecule has 0 fully saturated rings. The van der Waals surface area contributed by atoms with Gasteiger partial charge >= 0.3 is 0 Å². The first-order valence-electron chi connectivity index (χ1n) is 11.8. The van der Waals surface area contributed by atoms with E-state index in [0.717, 1.165) is 48.3 Å². The van der Waals surface area contributed by atoms with Crippen LogP contribution in [0.2, 0.25) is 0 Å². The zero-order chi connectivity index (χ0) is 23.3. The molecular formula is C28H29N3O3. The lowest BCUT2D eigenvalue weighted by Gasteiger charge is -2.23. The molecule has 0 unspecified atom stereocenters. The molecule has 0 saturated carbocycles. The van der Waals surface area contributed by atoms with Crippen molar-refractivity contribution >= 4 is 16.8 Å². The van der Waals surface area contributed by atoms with E-state index in [1.54, 1.807) is 19.4 Å². The number of aromatic nitrogens is 2. The first kappa shape index (κ1) is 22.0. The second-order valence-corrected chi connectivity index (χ2v) is 8.60. The largest absolute Gasteiger partial charge is 0.493 e. The summed E-state index contributed by atoms with van der Waals surface area (Å²) >= 11 is 0. The number of hydrogen-bond acceptors (Lipinski definition) is 4. The van der Waals surface area contributed by atoms with Crippen LogP contribution in [0.5, 0.6) is 11.5 Å². The number of rotatable bonds is 2. The quantitative estimate of drug-likeness (QED) is 0.461. The fraction of sp³-hybridized carbons (Fsp3) is 0.286. The van der Waals surface area contributed by atoms with E-state index >= 15 is 0 Å². The van der Waals surface area contributed by atoms with Gasteiger partial charge in [0.2, 0.25) is 0 Å². The van der Waals surface area contributed by atoms with Gasteiger partial charge in [0, 0.05) is 42.3 Å². The summed E-state index contributed by atoms with van der Waals surface area (Å²) in [5.74, 6) is 1.47. The molecule has 2 bridgehead atoms. The van der Waals surface area contributed by atoms with Gasteiger partial charge in [-0.25, -0.2) is 0 Å². The van der Waals surface area contributed by atoms with Crippen LogP contribution in [0.15, 0.2) is 66.9 Å². The third kappa shape index (κ3) is 4.62. The minimum Gasteiger partial charge on any atom is -0.493 e. The minimum atomic E-state index is -0.0260. The Kier molecular flexibility index (Phi) is 6.47. The van der Waals surface area contributed by atoms with Crippen molar-refractivity contribution in [1.29, 1.82) is 0 Å². The van der Waals surface area contributed by atoms with Crippen LogP contribution in [0.3, 0.4) is 0 Å². The fourth-order valence-electron chi connectivity index (χ4n) is 4.64. The average molecular weight is 456 g/mol. The van der Waals surface area contributed by atoms with E-state index in [4.69, 9.17) is 9.47 Å². The lowest BCUT2D eigenvalue weighted by atomic mass is 10.0. The standard InChI is InChI=1S/C28H29N3O3/c1-33-26-12-11-20-18-25-22(21-8-2-3-9-23(21)30-25)13-16-31(15-6-7-17-34-27(26)19-20)28(32)24-10-4-5-14-29-24/h2-5,8-12,14,19,30H,6-7,13,15-18H2,1H3. The summed E-state index contributed by atoms with van der Waals surface area (Å²) in [4.78, 5) is 23.1. The van der Waals surface area contributed by atoms with E-state index in [2.05, 4.69) is 40.3 Å². The van der Waals surface area contributed by atoms with Gasteiger partial charge in [-0.3, -0.25) is 9.78 Å². The monoisotopic (exact) mass is 455 g/mol. The molecule has 6 heteroatoms. The highest BCUT2D eigenvalue weighted by Gasteiger charge is 2.20. The van der Waals surface area contributed by atoms with Gasteiger partial charge in [0.05, 0.1) is 13.7 Å². The van der Waals surface area contributed by atoms with E-state index in [1.807, 2.05) is 29.2 Å². The SMILES string of the molecule is COc1ccc2cc1OCCCCN(C(=O)c1ccccn1)CCc1c([nH]c3ccccc13)C2. The van der Waals surface area contributed by atoms with Gasteiger partial charge < -0.3 is 19.4 Å². The number of benzene rings is 2. The topological polar surface area (TPSA) is 67.5 Å². The van der Waals surface area contributed by atoms with Crippen LogP contribution in [0.1, 0.15) is 40.2 Å². The summed E-state index contributed by atoms with van der Waals surface area (Å²) in [6, 6.07) is 20.0. The maximum absolute atomic E-state index is 13.3. The highest BCUT2D eigenvalue weighted by molar-refractivity contribution is 5.92. The van der Waals surface area contributed by atoms with Crippen LogP contribution in [0, 0.1) is 0 Å². The Balaban J connectivity index is 1.51. The Morgan fingerprint density at radius 1 is 1.06 bits per heavy atom. The van der Waals surface area contributed by atoms with E-state index in [0.29, 0.717) is 25.4 Å². The molecule has 174 valence electrons. The Morgan fingerprint density at radius 3 is 2.79 bits per heavy atom. The van der Waals surface area contributed by atoms with Crippen LogP contribution in [0.25, 0.3) is 10.9 Å². The Morgan fingerprint density at radius 2 is 1.94 bits per heavy atom. The van der Waals surface area contributed by atoms with Crippen LogP contribution < -0.4 is 9.47 Å². The molecule has 34 heavy (non-hydrogen) atoms. The molecule has 1 aliphatic rings. The lowest BCUT2D eigenvalue weighted by Crippen LogP contribution is -2.34. The highest BCUT2D eigenvalue weighted by atomic mass is 16.5. The molecule has 0 spiro atoms. The van der Waals surface area contributed by atoms with Crippen molar-refractivity contribution in [3.63, 3.8) is 0 Å². The van der Waals surface area contributed by atoms with Gasteiger partial charge in [-0.15, -0.1) is 0 Å². The zero-order valence-corrected chi connectivity index (χ0v) is 19.4. The van der Waals surface area contributed by atoms with Gasteiger partial charge in [-0.2, -0.15) is 0 Å². The van der Waals surface area contributed by atoms with Crippen molar-refractivity contribution in [3.8, 4) is 11.5 Å². The van der Waals surface area contributed by atoms with Gasteiger partial charge in [-0.1, -0.05) is 30.3 Å². The number of methoxy groups -OCH3 is 1. The number of ether oxygens (including phenoxy) is 2. The summed E-state index contributed by atoms with van der Waals surface area (Å²) < 4.78 is 11.6. The third-order valence-electron chi connectivity index (χ3n) is 6.39. The van der Waals surface area contributed by atoms with Crippen LogP contribution in [-0.2, 0) is 12.8 Å². The molecule has 2 aromatic carbocycles. The van der Waals surface area contributed by atoms with Crippen molar-refractivity contribution < 1.29 is 14.3 Å². The number of pyridine rings is 1. The first-order valence-corrected chi connectivity index (χ1v) is 11.8. The van der Waals surface area contributed by atoms with E-state index in [9.17, 15) is 4.79 Å². The number of fused-ring (bicyclic) bond motifs is 5. The molecule has 6 nitrogen and oxygen atoms in total. The second-order valence-electron chi connectivity index (χ2n) is 8.60. The number of hydrogen-bond donors (Lipinski definition) is 1. The number of amides is 1. The summed E-state index contributed by atoms with van der Waals surface area (Å²) in [5.41, 5.74) is 5.18. The number of nitrogens with zero attached hydrogens (tertiary/aromatic N) is 2. The maximum Gasteiger partial charge on any atom is 0.272 e. The van der Waals surface area contributed by atoms with Crippen molar-refractivity contribution in [3.05, 3.63) is 89.4 Å². The van der Waals surface area contributed by atoms with Crippen molar-refractivity contribution in [2.24, 2.45) is 0 Å². The third-order valence-corrected chi connectivity index (χ3v) is 6.39. The summed E-state index contributed by atoms with van der Waals surface area (Å²) in [5, 5.41) is 1.21. The number of para-hydroxylation sites is 1.